The SMILES string of the molecule is Oc1ccccc1-c1cc(-c2ccc(Cl)cc2)c2c(-c3ccc(Cl)cc3)oc3ccccc3c1-2. The van der Waals surface area contributed by atoms with Crippen molar-refractivity contribution in [2.24, 2.45) is 0 Å². The van der Waals surface area contributed by atoms with Crippen LogP contribution in [0.15, 0.2) is 108 Å². The highest BCUT2D eigenvalue weighted by molar-refractivity contribution is 6.31. The molecule has 1 aliphatic carbocycles. The molecule has 4 heteroatoms. The molecule has 0 saturated carbocycles. The van der Waals surface area contributed by atoms with Gasteiger partial charge in [-0.25, -0.2) is 0 Å². The van der Waals surface area contributed by atoms with E-state index in [9.17, 15) is 5.11 Å². The number of aromatic hydroxyl groups is 1. The van der Waals surface area contributed by atoms with Crippen LogP contribution < -0.4 is 0 Å². The van der Waals surface area contributed by atoms with Gasteiger partial charge in [-0.15, -0.1) is 0 Å². The number of fused-ring (bicyclic) bond motifs is 3. The van der Waals surface area contributed by atoms with Gasteiger partial charge in [-0.1, -0.05) is 71.7 Å². The topological polar surface area (TPSA) is 33.4 Å². The standard InChI is InChI=1S/C30H18Cl2O2/c31-20-13-9-18(10-14-20)24-17-25(22-5-1-3-7-26(22)33)28-23-6-2-4-8-27(23)34-30(29(24)28)19-11-15-21(32)16-12-19/h1-17,33H. The lowest BCUT2D eigenvalue weighted by Crippen LogP contribution is -1.90. The Bertz CT molecular complexity index is 1610. The van der Waals surface area contributed by atoms with Gasteiger partial charge in [-0.05, 0) is 71.3 Å². The Morgan fingerprint density at radius 3 is 1.88 bits per heavy atom. The van der Waals surface area contributed by atoms with Crippen molar-refractivity contribution in [1.82, 2.24) is 0 Å². The number of benzene rings is 4. The van der Waals surface area contributed by atoms with E-state index in [-0.39, 0.29) is 5.75 Å². The molecule has 0 spiro atoms. The Morgan fingerprint density at radius 2 is 1.18 bits per heavy atom. The van der Waals surface area contributed by atoms with Crippen LogP contribution in [0.4, 0.5) is 0 Å². The summed E-state index contributed by atoms with van der Waals surface area (Å²) >= 11 is 12.4. The van der Waals surface area contributed by atoms with E-state index >= 15 is 0 Å². The minimum absolute atomic E-state index is 0.231. The van der Waals surface area contributed by atoms with Crippen molar-refractivity contribution < 1.29 is 9.52 Å². The predicted octanol–water partition coefficient (Wildman–Crippen LogP) is 9.55. The van der Waals surface area contributed by atoms with Crippen LogP contribution in [-0.4, -0.2) is 5.11 Å². The molecule has 0 fully saturated rings. The molecule has 1 heterocycles. The molecule has 4 aromatic rings. The lowest BCUT2D eigenvalue weighted by molar-refractivity contribution is 0.477. The van der Waals surface area contributed by atoms with E-state index in [1.807, 2.05) is 84.9 Å². The fraction of sp³-hybridized carbons (Fsp3) is 0. The molecule has 0 saturated heterocycles. The Morgan fingerprint density at radius 1 is 0.559 bits per heavy atom. The minimum atomic E-state index is 0.231. The van der Waals surface area contributed by atoms with Crippen molar-refractivity contribution in [2.75, 3.05) is 0 Å². The zero-order valence-corrected chi connectivity index (χ0v) is 19.4. The molecule has 0 radical (unpaired) electrons. The van der Waals surface area contributed by atoms with E-state index in [0.29, 0.717) is 10.0 Å². The van der Waals surface area contributed by atoms with Crippen LogP contribution >= 0.6 is 23.2 Å². The number of halogens is 2. The van der Waals surface area contributed by atoms with Gasteiger partial charge in [-0.3, -0.25) is 0 Å². The van der Waals surface area contributed by atoms with Crippen LogP contribution in [-0.2, 0) is 0 Å². The fourth-order valence-corrected chi connectivity index (χ4v) is 4.82. The average Bonchev–Trinajstić information content (AvgIpc) is 3.26. The van der Waals surface area contributed by atoms with Crippen LogP contribution in [0.2, 0.25) is 10.0 Å². The minimum Gasteiger partial charge on any atom is -0.507 e. The number of para-hydroxylation sites is 2. The summed E-state index contributed by atoms with van der Waals surface area (Å²) in [5.74, 6) is 0.979. The average molecular weight is 481 g/mol. The molecule has 1 N–H and O–H groups in total. The summed E-state index contributed by atoms with van der Waals surface area (Å²) in [6, 6.07) is 33.0. The smallest absolute Gasteiger partial charge is 0.143 e. The van der Waals surface area contributed by atoms with Gasteiger partial charge in [0.25, 0.3) is 0 Å². The summed E-state index contributed by atoms with van der Waals surface area (Å²) < 4.78 is 6.53. The van der Waals surface area contributed by atoms with Crippen molar-refractivity contribution in [2.45, 2.75) is 0 Å². The number of hydrogen-bond donors (Lipinski definition) is 1. The number of phenols is 1. The van der Waals surface area contributed by atoms with Crippen LogP contribution in [0.25, 0.3) is 55.7 Å². The molecular weight excluding hydrogens is 463 g/mol. The van der Waals surface area contributed by atoms with Gasteiger partial charge in [0.15, 0.2) is 0 Å². The van der Waals surface area contributed by atoms with Crippen molar-refractivity contribution in [1.29, 1.82) is 0 Å². The second kappa shape index (κ2) is 8.25. The van der Waals surface area contributed by atoms with Gasteiger partial charge in [0, 0.05) is 37.7 Å². The van der Waals surface area contributed by atoms with Gasteiger partial charge in [0.05, 0.1) is 0 Å². The summed E-state index contributed by atoms with van der Waals surface area (Å²) in [5.41, 5.74) is 7.42. The second-order valence-electron chi connectivity index (χ2n) is 8.18. The van der Waals surface area contributed by atoms with Crippen LogP contribution in [0.5, 0.6) is 5.75 Å². The summed E-state index contributed by atoms with van der Waals surface area (Å²) in [7, 11) is 0. The molecule has 4 aromatic carbocycles. The van der Waals surface area contributed by atoms with E-state index in [1.165, 1.54) is 0 Å². The number of rotatable bonds is 3. The van der Waals surface area contributed by atoms with Gasteiger partial charge in [0.2, 0.25) is 0 Å². The molecule has 0 atom stereocenters. The Hall–Kier alpha value is -3.72. The van der Waals surface area contributed by atoms with Crippen molar-refractivity contribution in [3.63, 3.8) is 0 Å². The monoisotopic (exact) mass is 480 g/mol. The molecule has 2 nitrogen and oxygen atoms in total. The maximum absolute atomic E-state index is 10.8. The Balaban J connectivity index is 1.78. The Kier molecular flexibility index (Phi) is 5.06. The Labute approximate surface area is 207 Å². The summed E-state index contributed by atoms with van der Waals surface area (Å²) in [6.45, 7) is 0. The summed E-state index contributed by atoms with van der Waals surface area (Å²) in [4.78, 5) is 0. The van der Waals surface area contributed by atoms with Crippen molar-refractivity contribution in [3.05, 3.63) is 113 Å². The third-order valence-corrected chi connectivity index (χ3v) is 6.63. The first-order chi connectivity index (χ1) is 16.6. The van der Waals surface area contributed by atoms with Crippen LogP contribution in [0.3, 0.4) is 0 Å². The van der Waals surface area contributed by atoms with Crippen LogP contribution in [0, 0.1) is 0 Å². The maximum atomic E-state index is 10.8. The highest BCUT2D eigenvalue weighted by Gasteiger charge is 2.27. The van der Waals surface area contributed by atoms with Gasteiger partial charge >= 0.3 is 0 Å². The molecule has 2 aliphatic rings. The molecule has 0 unspecified atom stereocenters. The first-order valence-electron chi connectivity index (χ1n) is 10.9. The molecule has 1 aliphatic heterocycles. The van der Waals surface area contributed by atoms with E-state index in [1.54, 1.807) is 6.07 Å². The van der Waals surface area contributed by atoms with E-state index in [4.69, 9.17) is 27.6 Å². The quantitative estimate of drug-likeness (QED) is 0.273. The molecule has 0 aromatic heterocycles. The van der Waals surface area contributed by atoms with Gasteiger partial charge < -0.3 is 9.52 Å². The molecule has 164 valence electrons. The third kappa shape index (κ3) is 3.43. The highest BCUT2D eigenvalue weighted by Crippen LogP contribution is 2.53. The lowest BCUT2D eigenvalue weighted by atomic mass is 9.92. The zero-order chi connectivity index (χ0) is 23.2. The van der Waals surface area contributed by atoms with E-state index in [0.717, 1.165) is 55.7 Å². The van der Waals surface area contributed by atoms with Crippen molar-refractivity contribution >= 4 is 34.2 Å². The largest absolute Gasteiger partial charge is 0.507 e. The van der Waals surface area contributed by atoms with Crippen molar-refractivity contribution in [3.8, 4) is 50.5 Å². The zero-order valence-electron chi connectivity index (χ0n) is 17.9. The van der Waals surface area contributed by atoms with Gasteiger partial charge in [-0.2, -0.15) is 0 Å². The molecule has 0 amide bonds. The fourth-order valence-electron chi connectivity index (χ4n) is 4.57. The van der Waals surface area contributed by atoms with E-state index in [2.05, 4.69) is 12.1 Å². The number of hydrogen-bond acceptors (Lipinski definition) is 2. The first kappa shape index (κ1) is 20.9. The predicted molar refractivity (Wildman–Crippen MR) is 141 cm³/mol. The van der Waals surface area contributed by atoms with E-state index < -0.39 is 0 Å². The molecule has 34 heavy (non-hydrogen) atoms. The third-order valence-electron chi connectivity index (χ3n) is 6.13. The van der Waals surface area contributed by atoms with Gasteiger partial charge in [0.1, 0.15) is 17.1 Å². The normalized spacial score (nSPS) is 11.4. The molecule has 0 bridgehead atoms. The maximum Gasteiger partial charge on any atom is 0.143 e. The molecular formula is C30H18Cl2O2. The number of phenolic OH excluding ortho intramolecular Hbond substituents is 1. The lowest BCUT2D eigenvalue weighted by Gasteiger charge is -2.16. The highest BCUT2D eigenvalue weighted by atomic mass is 35.5. The second-order valence-corrected chi connectivity index (χ2v) is 9.05. The summed E-state index contributed by atoms with van der Waals surface area (Å²) in [6.07, 6.45) is 0. The van der Waals surface area contributed by atoms with Crippen LogP contribution in [0.1, 0.15) is 0 Å². The molecule has 6 rings (SSSR count). The first-order valence-corrected chi connectivity index (χ1v) is 11.6. The summed E-state index contributed by atoms with van der Waals surface area (Å²) in [5, 5.41) is 13.1.